The summed E-state index contributed by atoms with van der Waals surface area (Å²) in [5.41, 5.74) is -1.83. The lowest BCUT2D eigenvalue weighted by Gasteiger charge is -2.14. The number of pyridine rings is 1. The van der Waals surface area contributed by atoms with Crippen molar-refractivity contribution < 1.29 is 32.5 Å². The minimum Gasteiger partial charge on any atom is -0.490 e. The topological polar surface area (TPSA) is 68.7 Å². The molecule has 0 aliphatic heterocycles. The monoisotopic (exact) mass is 279 g/mol. The molecule has 0 atom stereocenters. The zero-order valence-corrected chi connectivity index (χ0v) is 10.2. The first-order valence-electron chi connectivity index (χ1n) is 5.21. The number of methoxy groups -OCH3 is 1. The molecule has 0 saturated heterocycles. The first-order valence-corrected chi connectivity index (χ1v) is 5.21. The third-order valence-corrected chi connectivity index (χ3v) is 2.21. The number of aromatic carboxylic acids is 1. The molecule has 0 radical (unpaired) electrons. The second-order valence-corrected chi connectivity index (χ2v) is 3.61. The average molecular weight is 279 g/mol. The maximum absolute atomic E-state index is 12.6. The van der Waals surface area contributed by atoms with Crippen molar-refractivity contribution in [2.45, 2.75) is 13.1 Å². The van der Waals surface area contributed by atoms with Gasteiger partial charge >= 0.3 is 12.1 Å². The van der Waals surface area contributed by atoms with Crippen molar-refractivity contribution in [3.63, 3.8) is 0 Å². The fourth-order valence-electron chi connectivity index (χ4n) is 1.40. The molecule has 0 spiro atoms. The highest BCUT2D eigenvalue weighted by molar-refractivity contribution is 5.92. The van der Waals surface area contributed by atoms with Crippen molar-refractivity contribution in [1.29, 1.82) is 0 Å². The molecule has 1 N–H and O–H groups in total. The van der Waals surface area contributed by atoms with Crippen LogP contribution in [-0.4, -0.2) is 36.4 Å². The number of alkyl halides is 3. The Morgan fingerprint density at radius 1 is 1.42 bits per heavy atom. The van der Waals surface area contributed by atoms with Crippen LogP contribution < -0.4 is 4.74 Å². The lowest BCUT2D eigenvalue weighted by atomic mass is 10.1. The molecular formula is C11H12F3NO4. The minimum absolute atomic E-state index is 0.0580. The summed E-state index contributed by atoms with van der Waals surface area (Å²) in [5, 5.41) is 8.96. The van der Waals surface area contributed by atoms with Gasteiger partial charge in [-0.1, -0.05) is 0 Å². The van der Waals surface area contributed by atoms with E-state index in [-0.39, 0.29) is 30.2 Å². The highest BCUT2D eigenvalue weighted by atomic mass is 19.4. The molecule has 0 amide bonds. The van der Waals surface area contributed by atoms with Gasteiger partial charge in [-0.2, -0.15) is 13.2 Å². The van der Waals surface area contributed by atoms with Crippen LogP contribution in [0, 0.1) is 6.92 Å². The average Bonchev–Trinajstić information content (AvgIpc) is 2.26. The summed E-state index contributed by atoms with van der Waals surface area (Å²) in [4.78, 5) is 14.2. The number of halogens is 3. The van der Waals surface area contributed by atoms with Crippen LogP contribution in [0.1, 0.15) is 21.7 Å². The van der Waals surface area contributed by atoms with Gasteiger partial charge < -0.3 is 14.6 Å². The van der Waals surface area contributed by atoms with E-state index in [0.717, 1.165) is 0 Å². The van der Waals surface area contributed by atoms with E-state index in [1.807, 2.05) is 0 Å². The van der Waals surface area contributed by atoms with E-state index in [4.69, 9.17) is 9.84 Å². The summed E-state index contributed by atoms with van der Waals surface area (Å²) in [7, 11) is 1.39. The van der Waals surface area contributed by atoms with Gasteiger partial charge in [-0.15, -0.1) is 0 Å². The van der Waals surface area contributed by atoms with Gasteiger partial charge in [-0.05, 0) is 6.92 Å². The number of nitrogens with zero attached hydrogens (tertiary/aromatic N) is 1. The molecule has 8 heteroatoms. The molecule has 0 unspecified atom stereocenters. The van der Waals surface area contributed by atoms with E-state index in [0.29, 0.717) is 6.07 Å². The molecule has 1 aromatic heterocycles. The fourth-order valence-corrected chi connectivity index (χ4v) is 1.40. The van der Waals surface area contributed by atoms with Gasteiger partial charge in [0.2, 0.25) is 0 Å². The number of carboxylic acids is 1. The molecule has 19 heavy (non-hydrogen) atoms. The van der Waals surface area contributed by atoms with Crippen molar-refractivity contribution in [1.82, 2.24) is 4.98 Å². The van der Waals surface area contributed by atoms with Gasteiger partial charge in [-0.25, -0.2) is 9.78 Å². The predicted molar refractivity (Wildman–Crippen MR) is 58.3 cm³/mol. The second-order valence-electron chi connectivity index (χ2n) is 3.61. The molecule has 106 valence electrons. The van der Waals surface area contributed by atoms with Crippen LogP contribution in [0.5, 0.6) is 5.75 Å². The van der Waals surface area contributed by atoms with Crippen LogP contribution in [0.25, 0.3) is 0 Å². The van der Waals surface area contributed by atoms with Crippen LogP contribution in [0.3, 0.4) is 0 Å². The van der Waals surface area contributed by atoms with Gasteiger partial charge in [0, 0.05) is 13.2 Å². The Hall–Kier alpha value is -1.83. The Kier molecular flexibility index (Phi) is 4.71. The molecule has 1 heterocycles. The Bertz CT molecular complexity index is 474. The molecule has 0 saturated carbocycles. The number of ether oxygens (including phenoxy) is 2. The van der Waals surface area contributed by atoms with Crippen LogP contribution in [0.15, 0.2) is 6.07 Å². The van der Waals surface area contributed by atoms with Crippen molar-refractivity contribution in [3.8, 4) is 5.75 Å². The Morgan fingerprint density at radius 3 is 2.53 bits per heavy atom. The standard InChI is InChI=1S/C11H12F3NO4/c1-6-9(10(16)17)7(19-4-3-18-2)5-8(15-6)11(12,13)14/h5H,3-4H2,1-2H3,(H,16,17). The number of hydrogen-bond acceptors (Lipinski definition) is 4. The molecule has 0 bridgehead atoms. The van der Waals surface area contributed by atoms with Crippen molar-refractivity contribution in [2.75, 3.05) is 20.3 Å². The van der Waals surface area contributed by atoms with Crippen LogP contribution in [0.2, 0.25) is 0 Å². The summed E-state index contributed by atoms with van der Waals surface area (Å²) in [6.07, 6.45) is -4.67. The first kappa shape index (κ1) is 15.2. The maximum atomic E-state index is 12.6. The van der Waals surface area contributed by atoms with Gasteiger partial charge in [0.05, 0.1) is 12.3 Å². The van der Waals surface area contributed by atoms with Gasteiger partial charge in [0.15, 0.2) is 0 Å². The molecule has 0 aliphatic carbocycles. The number of aryl methyl sites for hydroxylation is 1. The van der Waals surface area contributed by atoms with Crippen molar-refractivity contribution in [3.05, 3.63) is 23.0 Å². The summed E-state index contributed by atoms with van der Waals surface area (Å²) in [6, 6.07) is 0.576. The summed E-state index contributed by atoms with van der Waals surface area (Å²) < 4.78 is 47.4. The van der Waals surface area contributed by atoms with Crippen molar-refractivity contribution >= 4 is 5.97 Å². The highest BCUT2D eigenvalue weighted by Gasteiger charge is 2.35. The third kappa shape index (κ3) is 3.82. The highest BCUT2D eigenvalue weighted by Crippen LogP contribution is 2.32. The van der Waals surface area contributed by atoms with E-state index in [1.54, 1.807) is 0 Å². The minimum atomic E-state index is -4.67. The van der Waals surface area contributed by atoms with E-state index >= 15 is 0 Å². The predicted octanol–water partition coefficient (Wildman–Crippen LogP) is 2.13. The smallest absolute Gasteiger partial charge is 0.433 e. The molecular weight excluding hydrogens is 267 g/mol. The largest absolute Gasteiger partial charge is 0.490 e. The number of rotatable bonds is 5. The Morgan fingerprint density at radius 2 is 2.05 bits per heavy atom. The molecule has 0 aromatic carbocycles. The lowest BCUT2D eigenvalue weighted by molar-refractivity contribution is -0.141. The van der Waals surface area contributed by atoms with E-state index in [2.05, 4.69) is 9.72 Å². The Labute approximate surface area is 107 Å². The van der Waals surface area contributed by atoms with E-state index in [1.165, 1.54) is 14.0 Å². The lowest BCUT2D eigenvalue weighted by Crippen LogP contribution is -2.15. The number of hydrogen-bond donors (Lipinski definition) is 1. The van der Waals surface area contributed by atoms with Crippen LogP contribution in [0.4, 0.5) is 13.2 Å². The fraction of sp³-hybridized carbons (Fsp3) is 0.455. The van der Waals surface area contributed by atoms with E-state index < -0.39 is 17.8 Å². The second kappa shape index (κ2) is 5.87. The van der Waals surface area contributed by atoms with Crippen molar-refractivity contribution in [2.24, 2.45) is 0 Å². The molecule has 0 fully saturated rings. The number of aromatic nitrogens is 1. The Balaban J connectivity index is 3.21. The van der Waals surface area contributed by atoms with Gasteiger partial charge in [-0.3, -0.25) is 0 Å². The van der Waals surface area contributed by atoms with E-state index in [9.17, 15) is 18.0 Å². The maximum Gasteiger partial charge on any atom is 0.433 e. The normalized spacial score (nSPS) is 11.4. The molecule has 5 nitrogen and oxygen atoms in total. The van der Waals surface area contributed by atoms with Crippen LogP contribution >= 0.6 is 0 Å². The number of carboxylic acid groups (broad SMARTS) is 1. The molecule has 1 rings (SSSR count). The summed E-state index contributed by atoms with van der Waals surface area (Å²) in [5.74, 6) is -1.77. The number of carbonyl (C=O) groups is 1. The zero-order valence-electron chi connectivity index (χ0n) is 10.2. The van der Waals surface area contributed by atoms with Gasteiger partial charge in [0.1, 0.15) is 23.6 Å². The zero-order chi connectivity index (χ0) is 14.6. The molecule has 0 aliphatic rings. The van der Waals surface area contributed by atoms with Gasteiger partial charge in [0.25, 0.3) is 0 Å². The quantitative estimate of drug-likeness (QED) is 0.836. The summed E-state index contributed by atoms with van der Waals surface area (Å²) in [6.45, 7) is 1.25. The first-order chi connectivity index (χ1) is 8.77. The third-order valence-electron chi connectivity index (χ3n) is 2.21. The SMILES string of the molecule is COCCOc1cc(C(F)(F)F)nc(C)c1C(=O)O. The summed E-state index contributed by atoms with van der Waals surface area (Å²) >= 11 is 0. The van der Waals surface area contributed by atoms with Crippen LogP contribution in [-0.2, 0) is 10.9 Å². The molecule has 1 aromatic rings.